The summed E-state index contributed by atoms with van der Waals surface area (Å²) < 4.78 is 0. The topological polar surface area (TPSA) is 69.6 Å². The molecule has 4 nitrogen and oxygen atoms in total. The second kappa shape index (κ2) is 4.75. The Labute approximate surface area is 100 Å². The standard InChI is InChI=1S/C13H17NO3/c1-8(15)9-5-6-11(16)12(13(9)17)10-4-2-3-7-14-10/h5-6,10,14,16-17H,2-4,7H2,1H3. The summed E-state index contributed by atoms with van der Waals surface area (Å²) in [5.41, 5.74) is 0.725. The molecule has 3 N–H and O–H groups in total. The van der Waals surface area contributed by atoms with Crippen LogP contribution in [0.3, 0.4) is 0 Å². The van der Waals surface area contributed by atoms with Gasteiger partial charge in [-0.1, -0.05) is 6.42 Å². The van der Waals surface area contributed by atoms with Crippen molar-refractivity contribution in [2.24, 2.45) is 0 Å². The van der Waals surface area contributed by atoms with Gasteiger partial charge in [0, 0.05) is 6.04 Å². The van der Waals surface area contributed by atoms with E-state index >= 15 is 0 Å². The molecule has 1 saturated heterocycles. The second-order valence-corrected chi connectivity index (χ2v) is 4.45. The number of carbonyl (C=O) groups is 1. The van der Waals surface area contributed by atoms with Crippen LogP contribution in [0.1, 0.15) is 48.1 Å². The minimum Gasteiger partial charge on any atom is -0.507 e. The molecule has 1 aromatic carbocycles. The molecule has 1 fully saturated rings. The van der Waals surface area contributed by atoms with Gasteiger partial charge >= 0.3 is 0 Å². The van der Waals surface area contributed by atoms with Crippen molar-refractivity contribution in [1.29, 1.82) is 0 Å². The van der Waals surface area contributed by atoms with Crippen LogP contribution in [0.15, 0.2) is 12.1 Å². The summed E-state index contributed by atoms with van der Waals surface area (Å²) >= 11 is 0. The van der Waals surface area contributed by atoms with E-state index in [2.05, 4.69) is 5.32 Å². The molecule has 4 heteroatoms. The van der Waals surface area contributed by atoms with E-state index in [0.717, 1.165) is 25.8 Å². The third-order valence-electron chi connectivity index (χ3n) is 3.23. The average molecular weight is 235 g/mol. The van der Waals surface area contributed by atoms with Gasteiger partial charge in [-0.25, -0.2) is 0 Å². The summed E-state index contributed by atoms with van der Waals surface area (Å²) in [6.07, 6.45) is 3.02. The quantitative estimate of drug-likeness (QED) is 0.687. The molecule has 0 amide bonds. The highest BCUT2D eigenvalue weighted by Crippen LogP contribution is 2.38. The van der Waals surface area contributed by atoms with Crippen molar-refractivity contribution in [2.75, 3.05) is 6.54 Å². The van der Waals surface area contributed by atoms with Crippen molar-refractivity contribution in [3.8, 4) is 11.5 Å². The van der Waals surface area contributed by atoms with Crippen molar-refractivity contribution in [3.63, 3.8) is 0 Å². The van der Waals surface area contributed by atoms with Gasteiger partial charge in [-0.15, -0.1) is 0 Å². The number of benzene rings is 1. The van der Waals surface area contributed by atoms with Crippen LogP contribution in [0.4, 0.5) is 0 Å². The summed E-state index contributed by atoms with van der Waals surface area (Å²) in [7, 11) is 0. The summed E-state index contributed by atoms with van der Waals surface area (Å²) in [5, 5.41) is 23.2. The number of rotatable bonds is 2. The zero-order valence-corrected chi connectivity index (χ0v) is 9.86. The Hall–Kier alpha value is -1.55. The van der Waals surface area contributed by atoms with Gasteiger partial charge in [-0.2, -0.15) is 0 Å². The average Bonchev–Trinajstić information content (AvgIpc) is 2.30. The summed E-state index contributed by atoms with van der Waals surface area (Å²) in [4.78, 5) is 11.4. The minimum absolute atomic E-state index is 0.0481. The van der Waals surface area contributed by atoms with Gasteiger partial charge in [-0.3, -0.25) is 4.79 Å². The number of phenolic OH excluding ortho intramolecular Hbond substituents is 2. The van der Waals surface area contributed by atoms with Gasteiger partial charge in [0.1, 0.15) is 11.5 Å². The molecule has 1 aliphatic heterocycles. The fraction of sp³-hybridized carbons (Fsp3) is 0.462. The number of hydrogen-bond donors (Lipinski definition) is 3. The maximum absolute atomic E-state index is 11.4. The van der Waals surface area contributed by atoms with E-state index in [0.29, 0.717) is 5.56 Å². The maximum atomic E-state index is 11.4. The molecule has 1 heterocycles. The molecule has 0 radical (unpaired) electrons. The number of aromatic hydroxyl groups is 2. The first-order chi connectivity index (χ1) is 8.11. The fourth-order valence-electron chi connectivity index (χ4n) is 2.32. The van der Waals surface area contributed by atoms with E-state index < -0.39 is 0 Å². The first-order valence-corrected chi connectivity index (χ1v) is 5.90. The molecule has 0 aliphatic carbocycles. The zero-order chi connectivity index (χ0) is 12.4. The predicted molar refractivity (Wildman–Crippen MR) is 64.4 cm³/mol. The number of ketones is 1. The Kier molecular flexibility index (Phi) is 3.33. The van der Waals surface area contributed by atoms with Crippen LogP contribution in [-0.4, -0.2) is 22.5 Å². The van der Waals surface area contributed by atoms with E-state index in [-0.39, 0.29) is 28.9 Å². The highest BCUT2D eigenvalue weighted by atomic mass is 16.3. The number of hydrogen-bond acceptors (Lipinski definition) is 4. The van der Waals surface area contributed by atoms with Gasteiger partial charge < -0.3 is 15.5 Å². The molecular formula is C13H17NO3. The largest absolute Gasteiger partial charge is 0.507 e. The SMILES string of the molecule is CC(=O)c1ccc(O)c(C2CCCCN2)c1O. The van der Waals surface area contributed by atoms with Crippen LogP contribution in [0, 0.1) is 0 Å². The van der Waals surface area contributed by atoms with E-state index in [1.54, 1.807) is 0 Å². The maximum Gasteiger partial charge on any atom is 0.163 e. The number of Topliss-reactive ketones (excluding diaryl/α,β-unsaturated/α-hetero) is 1. The van der Waals surface area contributed by atoms with Crippen LogP contribution >= 0.6 is 0 Å². The summed E-state index contributed by atoms with van der Waals surface area (Å²) in [5.74, 6) is -0.233. The molecule has 17 heavy (non-hydrogen) atoms. The van der Waals surface area contributed by atoms with E-state index in [1.807, 2.05) is 0 Å². The highest BCUT2D eigenvalue weighted by molar-refractivity contribution is 5.97. The molecule has 1 aliphatic rings. The van der Waals surface area contributed by atoms with E-state index in [1.165, 1.54) is 19.1 Å². The first kappa shape index (κ1) is 11.9. The molecule has 0 spiro atoms. The lowest BCUT2D eigenvalue weighted by Gasteiger charge is -2.25. The predicted octanol–water partition coefficient (Wildman–Crippen LogP) is 2.11. The van der Waals surface area contributed by atoms with Crippen molar-refractivity contribution in [3.05, 3.63) is 23.3 Å². The van der Waals surface area contributed by atoms with E-state index in [9.17, 15) is 15.0 Å². The Morgan fingerprint density at radius 3 is 2.71 bits per heavy atom. The van der Waals surface area contributed by atoms with Crippen molar-refractivity contribution < 1.29 is 15.0 Å². The molecule has 0 bridgehead atoms. The molecule has 1 atom stereocenters. The molecule has 0 saturated carbocycles. The number of piperidine rings is 1. The Morgan fingerprint density at radius 1 is 1.35 bits per heavy atom. The second-order valence-electron chi connectivity index (χ2n) is 4.45. The first-order valence-electron chi connectivity index (χ1n) is 5.90. The number of phenols is 2. The summed E-state index contributed by atoms with van der Waals surface area (Å²) in [6.45, 7) is 2.28. The molecule has 1 unspecified atom stereocenters. The van der Waals surface area contributed by atoms with Gasteiger partial charge in [0.05, 0.1) is 11.1 Å². The van der Waals surface area contributed by atoms with Gasteiger partial charge in [0.2, 0.25) is 0 Å². The monoisotopic (exact) mass is 235 g/mol. The van der Waals surface area contributed by atoms with Gasteiger partial charge in [0.25, 0.3) is 0 Å². The summed E-state index contributed by atoms with van der Waals surface area (Å²) in [6, 6.07) is 2.87. The lowest BCUT2D eigenvalue weighted by molar-refractivity contribution is 0.101. The smallest absolute Gasteiger partial charge is 0.163 e. The minimum atomic E-state index is -0.195. The molecule has 2 rings (SSSR count). The molecular weight excluding hydrogens is 218 g/mol. The Morgan fingerprint density at radius 2 is 2.12 bits per heavy atom. The van der Waals surface area contributed by atoms with Crippen LogP contribution in [0.2, 0.25) is 0 Å². The Balaban J connectivity index is 2.43. The highest BCUT2D eigenvalue weighted by Gasteiger charge is 2.24. The number of nitrogens with one attached hydrogen (secondary N) is 1. The van der Waals surface area contributed by atoms with Crippen molar-refractivity contribution in [2.45, 2.75) is 32.2 Å². The van der Waals surface area contributed by atoms with Crippen LogP contribution < -0.4 is 5.32 Å². The Bertz CT molecular complexity index is 437. The third-order valence-corrected chi connectivity index (χ3v) is 3.23. The van der Waals surface area contributed by atoms with Gasteiger partial charge in [-0.05, 0) is 38.4 Å². The normalized spacial score (nSPS) is 20.2. The van der Waals surface area contributed by atoms with Crippen LogP contribution in [-0.2, 0) is 0 Å². The van der Waals surface area contributed by atoms with Gasteiger partial charge in [0.15, 0.2) is 5.78 Å². The zero-order valence-electron chi connectivity index (χ0n) is 9.86. The lowest BCUT2D eigenvalue weighted by atomic mass is 9.93. The van der Waals surface area contributed by atoms with Crippen LogP contribution in [0.5, 0.6) is 11.5 Å². The van der Waals surface area contributed by atoms with E-state index in [4.69, 9.17) is 0 Å². The molecule has 1 aromatic rings. The van der Waals surface area contributed by atoms with Crippen molar-refractivity contribution >= 4 is 5.78 Å². The molecule has 92 valence electrons. The fourth-order valence-corrected chi connectivity index (χ4v) is 2.32. The lowest BCUT2D eigenvalue weighted by Crippen LogP contribution is -2.27. The van der Waals surface area contributed by atoms with Crippen LogP contribution in [0.25, 0.3) is 0 Å². The number of carbonyl (C=O) groups excluding carboxylic acids is 1. The third kappa shape index (κ3) is 2.26. The molecule has 0 aromatic heterocycles. The van der Waals surface area contributed by atoms with Crippen molar-refractivity contribution in [1.82, 2.24) is 5.32 Å².